The maximum atomic E-state index is 13.2. The lowest BCUT2D eigenvalue weighted by atomic mass is 10.1. The molecule has 0 spiro atoms. The molecule has 0 saturated heterocycles. The minimum absolute atomic E-state index is 0.105. The zero-order chi connectivity index (χ0) is 28.6. The Morgan fingerprint density at radius 2 is 1.69 bits per heavy atom. The molecule has 0 amide bonds. The van der Waals surface area contributed by atoms with Gasteiger partial charge in [0, 0.05) is 23.9 Å². The van der Waals surface area contributed by atoms with Crippen LogP contribution >= 0.6 is 0 Å². The minimum Gasteiger partial charge on any atom is -0.493 e. The first-order valence-corrected chi connectivity index (χ1v) is 11.3. The second-order valence-electron chi connectivity index (χ2n) is 8.00. The number of hydrogen-bond acceptors (Lipinski definition) is 8. The molecule has 0 radical (unpaired) electrons. The van der Waals surface area contributed by atoms with Gasteiger partial charge in [0.25, 0.3) is 0 Å². The molecule has 3 rings (SSSR count). The van der Waals surface area contributed by atoms with E-state index < -0.39 is 30.2 Å². The Morgan fingerprint density at radius 3 is 2.36 bits per heavy atom. The third kappa shape index (κ3) is 8.12. The van der Waals surface area contributed by atoms with Crippen LogP contribution < -0.4 is 25.7 Å². The third-order valence-corrected chi connectivity index (χ3v) is 5.18. The Kier molecular flexibility index (Phi) is 9.37. The Labute approximate surface area is 220 Å². The maximum Gasteiger partial charge on any atom is 0.461 e. The summed E-state index contributed by atoms with van der Waals surface area (Å²) in [5.74, 6) is -2.34. The molecule has 12 heteroatoms. The van der Waals surface area contributed by atoms with E-state index in [1.54, 1.807) is 30.3 Å². The van der Waals surface area contributed by atoms with Crippen molar-refractivity contribution in [3.63, 3.8) is 0 Å². The lowest BCUT2D eigenvalue weighted by Crippen LogP contribution is -2.33. The summed E-state index contributed by atoms with van der Waals surface area (Å²) in [6, 6.07) is 14.1. The fourth-order valence-electron chi connectivity index (χ4n) is 3.20. The second-order valence-corrected chi connectivity index (χ2v) is 8.00. The summed E-state index contributed by atoms with van der Waals surface area (Å²) >= 11 is 0. The SMILES string of the molecule is COc1cc(C(=O)Oc2ccc(/C=C/C(=O)OCCc3cc(N)ccc3N)cc2)ccc1OC(F)(F)C(F)F. The molecule has 39 heavy (non-hydrogen) atoms. The quantitative estimate of drug-likeness (QED) is 0.111. The summed E-state index contributed by atoms with van der Waals surface area (Å²) < 4.78 is 70.5. The summed E-state index contributed by atoms with van der Waals surface area (Å²) in [6.07, 6.45) is -5.66. The van der Waals surface area contributed by atoms with Gasteiger partial charge in [0.15, 0.2) is 11.5 Å². The van der Waals surface area contributed by atoms with E-state index >= 15 is 0 Å². The number of halogens is 4. The van der Waals surface area contributed by atoms with Crippen LogP contribution in [0.5, 0.6) is 17.2 Å². The molecule has 0 atom stereocenters. The van der Waals surface area contributed by atoms with E-state index in [1.165, 1.54) is 24.3 Å². The molecular formula is C27H24F4N2O6. The van der Waals surface area contributed by atoms with Gasteiger partial charge in [0.1, 0.15) is 5.75 Å². The number of nitrogen functional groups attached to an aromatic ring is 2. The molecule has 0 heterocycles. The van der Waals surface area contributed by atoms with Gasteiger partial charge >= 0.3 is 24.5 Å². The van der Waals surface area contributed by atoms with Crippen molar-refractivity contribution in [1.82, 2.24) is 0 Å². The molecule has 3 aromatic rings. The molecule has 0 unspecified atom stereocenters. The van der Waals surface area contributed by atoms with E-state index in [2.05, 4.69) is 4.74 Å². The number of carbonyl (C=O) groups excluding carboxylic acids is 2. The minimum atomic E-state index is -4.74. The number of ether oxygens (including phenoxy) is 4. The van der Waals surface area contributed by atoms with Gasteiger partial charge in [-0.3, -0.25) is 0 Å². The Bertz CT molecular complexity index is 1350. The second kappa shape index (κ2) is 12.7. The number of carbonyl (C=O) groups is 2. The molecule has 8 nitrogen and oxygen atoms in total. The van der Waals surface area contributed by atoms with Crippen molar-refractivity contribution in [3.05, 3.63) is 83.4 Å². The van der Waals surface area contributed by atoms with E-state index in [4.69, 9.17) is 25.7 Å². The van der Waals surface area contributed by atoms with E-state index in [9.17, 15) is 27.2 Å². The average molecular weight is 548 g/mol. The Hall–Kier alpha value is -4.74. The average Bonchev–Trinajstić information content (AvgIpc) is 2.90. The maximum absolute atomic E-state index is 13.2. The normalized spacial score (nSPS) is 11.4. The van der Waals surface area contributed by atoms with Gasteiger partial charge in [0.05, 0.1) is 19.3 Å². The number of rotatable bonds is 11. The number of nitrogens with two attached hydrogens (primary N) is 2. The van der Waals surface area contributed by atoms with Crippen molar-refractivity contribution in [2.75, 3.05) is 25.2 Å². The monoisotopic (exact) mass is 548 g/mol. The molecule has 0 aliphatic rings. The van der Waals surface area contributed by atoms with Crippen LogP contribution in [0.25, 0.3) is 6.08 Å². The molecule has 0 aliphatic carbocycles. The highest BCUT2D eigenvalue weighted by molar-refractivity contribution is 5.92. The van der Waals surface area contributed by atoms with Crippen molar-refractivity contribution in [1.29, 1.82) is 0 Å². The summed E-state index contributed by atoms with van der Waals surface area (Å²) in [5, 5.41) is 0. The van der Waals surface area contributed by atoms with Crippen molar-refractivity contribution >= 4 is 29.4 Å². The standard InChI is InChI=1S/C27H24F4N2O6/c1-36-23-15-18(5-10-22(23)39-27(30,31)26(28)29)25(35)38-20-7-2-16(3-8-20)4-11-24(34)37-13-12-17-14-19(32)6-9-21(17)33/h2-11,14-15,26H,12-13,32-33H2,1H3/b11-4+. The molecule has 0 bridgehead atoms. The fraction of sp³-hybridized carbons (Fsp3) is 0.185. The van der Waals surface area contributed by atoms with Gasteiger partial charge < -0.3 is 30.4 Å². The third-order valence-electron chi connectivity index (χ3n) is 5.18. The molecule has 0 aliphatic heterocycles. The van der Waals surface area contributed by atoms with Crippen LogP contribution in [0, 0.1) is 0 Å². The zero-order valence-electron chi connectivity index (χ0n) is 20.5. The highest BCUT2D eigenvalue weighted by Gasteiger charge is 2.44. The first kappa shape index (κ1) is 28.8. The molecule has 4 N–H and O–H groups in total. The number of anilines is 2. The number of esters is 2. The van der Waals surface area contributed by atoms with E-state index in [0.717, 1.165) is 30.9 Å². The van der Waals surface area contributed by atoms with Crippen molar-refractivity contribution in [2.45, 2.75) is 19.0 Å². The summed E-state index contributed by atoms with van der Waals surface area (Å²) in [4.78, 5) is 24.4. The smallest absolute Gasteiger partial charge is 0.461 e. The zero-order valence-corrected chi connectivity index (χ0v) is 20.5. The van der Waals surface area contributed by atoms with Crippen LogP contribution in [0.15, 0.2) is 66.7 Å². The van der Waals surface area contributed by atoms with Gasteiger partial charge in [-0.2, -0.15) is 17.6 Å². The largest absolute Gasteiger partial charge is 0.493 e. The first-order chi connectivity index (χ1) is 18.5. The van der Waals surface area contributed by atoms with Crippen molar-refractivity contribution in [2.24, 2.45) is 0 Å². The first-order valence-electron chi connectivity index (χ1n) is 11.3. The number of hydrogen-bond donors (Lipinski definition) is 2. The van der Waals surface area contributed by atoms with Gasteiger partial charge in [-0.15, -0.1) is 0 Å². The molecule has 3 aromatic carbocycles. The number of benzene rings is 3. The Balaban J connectivity index is 1.54. The van der Waals surface area contributed by atoms with E-state index in [-0.39, 0.29) is 23.7 Å². The van der Waals surface area contributed by atoms with Gasteiger partial charge in [0.2, 0.25) is 0 Å². The fourth-order valence-corrected chi connectivity index (χ4v) is 3.20. The molecular weight excluding hydrogens is 524 g/mol. The van der Waals surface area contributed by atoms with Crippen LogP contribution in [-0.4, -0.2) is 38.2 Å². The highest BCUT2D eigenvalue weighted by Crippen LogP contribution is 2.35. The summed E-state index contributed by atoms with van der Waals surface area (Å²) in [5.41, 5.74) is 14.0. The lowest BCUT2D eigenvalue weighted by molar-refractivity contribution is -0.253. The number of methoxy groups -OCH3 is 1. The van der Waals surface area contributed by atoms with Gasteiger partial charge in [-0.1, -0.05) is 12.1 Å². The van der Waals surface area contributed by atoms with Gasteiger partial charge in [-0.25, -0.2) is 9.59 Å². The van der Waals surface area contributed by atoms with E-state index in [0.29, 0.717) is 23.4 Å². The van der Waals surface area contributed by atoms with Crippen LogP contribution in [-0.2, 0) is 16.0 Å². The lowest BCUT2D eigenvalue weighted by Gasteiger charge is -2.18. The number of alkyl halides is 4. The van der Waals surface area contributed by atoms with Crippen LogP contribution in [0.4, 0.5) is 28.9 Å². The van der Waals surface area contributed by atoms with E-state index in [1.807, 2.05) is 0 Å². The van der Waals surface area contributed by atoms with Gasteiger partial charge in [-0.05, 0) is 65.7 Å². The Morgan fingerprint density at radius 1 is 0.974 bits per heavy atom. The summed E-state index contributed by atoms with van der Waals surface area (Å²) in [7, 11) is 1.09. The molecule has 0 fully saturated rings. The predicted octanol–water partition coefficient (Wildman–Crippen LogP) is 5.11. The van der Waals surface area contributed by atoms with Crippen LogP contribution in [0.1, 0.15) is 21.5 Å². The summed E-state index contributed by atoms with van der Waals surface area (Å²) in [6.45, 7) is 0.109. The van der Waals surface area contributed by atoms with Crippen LogP contribution in [0.3, 0.4) is 0 Å². The van der Waals surface area contributed by atoms with Crippen LogP contribution in [0.2, 0.25) is 0 Å². The molecule has 206 valence electrons. The van der Waals surface area contributed by atoms with Crippen molar-refractivity contribution < 1.29 is 46.1 Å². The highest BCUT2D eigenvalue weighted by atomic mass is 19.3. The molecule has 0 aromatic heterocycles. The molecule has 0 saturated carbocycles. The predicted molar refractivity (Wildman–Crippen MR) is 135 cm³/mol. The van der Waals surface area contributed by atoms with Crippen molar-refractivity contribution in [3.8, 4) is 17.2 Å². The topological polar surface area (TPSA) is 123 Å².